The van der Waals surface area contributed by atoms with Gasteiger partial charge in [-0.05, 0) is 0 Å². The summed E-state index contributed by atoms with van der Waals surface area (Å²) in [6.45, 7) is 8.74. The van der Waals surface area contributed by atoms with Crippen molar-refractivity contribution in [1.29, 1.82) is 0 Å². The zero-order valence-electron chi connectivity index (χ0n) is 12.9. The van der Waals surface area contributed by atoms with Crippen molar-refractivity contribution in [3.05, 3.63) is 34.9 Å². The molecule has 0 spiro atoms. The molecule has 106 valence electrons. The van der Waals surface area contributed by atoms with E-state index in [1.807, 2.05) is 5.82 Å². The third-order valence-corrected chi connectivity index (χ3v) is 5.58. The van der Waals surface area contributed by atoms with Crippen LogP contribution in [0.4, 0.5) is 0 Å². The van der Waals surface area contributed by atoms with Gasteiger partial charge in [0.05, 0.1) is 0 Å². The predicted octanol–water partition coefficient (Wildman–Crippen LogP) is 4.68. The monoisotopic (exact) mass is 326 g/mol. The summed E-state index contributed by atoms with van der Waals surface area (Å²) in [7, 11) is 0. The Morgan fingerprint density at radius 2 is 1.79 bits per heavy atom. The molecule has 1 aliphatic rings. The molecule has 2 heteroatoms. The van der Waals surface area contributed by atoms with Crippen molar-refractivity contribution in [1.82, 2.24) is 0 Å². The van der Waals surface area contributed by atoms with Crippen LogP contribution in [0, 0.1) is 5.41 Å². The number of hydrogen-bond acceptors (Lipinski definition) is 1. The Balaban J connectivity index is 2.80. The van der Waals surface area contributed by atoms with Crippen molar-refractivity contribution < 1.29 is 4.79 Å². The van der Waals surface area contributed by atoms with E-state index in [0.717, 1.165) is 25.7 Å². The second-order valence-electron chi connectivity index (χ2n) is 5.68. The second-order valence-corrected chi connectivity index (χ2v) is 7.49. The van der Waals surface area contributed by atoms with Gasteiger partial charge in [-0.15, -0.1) is 0 Å². The van der Waals surface area contributed by atoms with Gasteiger partial charge in [-0.3, -0.25) is 0 Å². The third-order valence-electron chi connectivity index (χ3n) is 4.20. The molecule has 1 aliphatic carbocycles. The van der Waals surface area contributed by atoms with Gasteiger partial charge in [-0.1, -0.05) is 0 Å². The van der Waals surface area contributed by atoms with Gasteiger partial charge in [-0.25, -0.2) is 0 Å². The predicted molar refractivity (Wildman–Crippen MR) is 84.5 cm³/mol. The first-order valence-electron chi connectivity index (χ1n) is 6.98. The van der Waals surface area contributed by atoms with Crippen molar-refractivity contribution >= 4 is 19.6 Å². The first-order chi connectivity index (χ1) is 8.92. The molecule has 0 aliphatic heterocycles. The molecule has 0 amide bonds. The summed E-state index contributed by atoms with van der Waals surface area (Å²) in [4.78, 5) is 11.7. The molecular formula is C17H26OSe. The number of carbonyl (C=O) groups is 1. The fourth-order valence-electron chi connectivity index (χ4n) is 2.82. The molecule has 0 saturated heterocycles. The quantitative estimate of drug-likeness (QED) is 0.490. The number of rotatable bonds is 7. The summed E-state index contributed by atoms with van der Waals surface area (Å²) >= 11 is 0.148. The molecule has 0 unspecified atom stereocenters. The number of hydrogen-bond donors (Lipinski definition) is 0. The van der Waals surface area contributed by atoms with Crippen LogP contribution in [-0.4, -0.2) is 19.6 Å². The van der Waals surface area contributed by atoms with Gasteiger partial charge in [0.25, 0.3) is 0 Å². The molecule has 0 atom stereocenters. The zero-order valence-corrected chi connectivity index (χ0v) is 14.6. The van der Waals surface area contributed by atoms with Gasteiger partial charge in [0, 0.05) is 0 Å². The first-order valence-corrected chi connectivity index (χ1v) is 9.55. The summed E-state index contributed by atoms with van der Waals surface area (Å²) in [6, 6.07) is 0. The van der Waals surface area contributed by atoms with Crippen LogP contribution < -0.4 is 0 Å². The van der Waals surface area contributed by atoms with Gasteiger partial charge < -0.3 is 0 Å². The third kappa shape index (κ3) is 4.19. The van der Waals surface area contributed by atoms with E-state index in [4.69, 9.17) is 0 Å². The van der Waals surface area contributed by atoms with Crippen LogP contribution in [-0.2, 0) is 4.79 Å². The van der Waals surface area contributed by atoms with Gasteiger partial charge in [0.2, 0.25) is 0 Å². The first kappa shape index (κ1) is 16.5. The van der Waals surface area contributed by atoms with Crippen LogP contribution in [0.3, 0.4) is 0 Å². The van der Waals surface area contributed by atoms with E-state index >= 15 is 0 Å². The molecule has 0 N–H and O–H groups in total. The molecule has 1 nitrogen and oxygen atoms in total. The minimum atomic E-state index is 0.146. The molecule has 0 fully saturated rings. The summed E-state index contributed by atoms with van der Waals surface area (Å²) < 4.78 is 0.446. The van der Waals surface area contributed by atoms with E-state index in [-0.39, 0.29) is 20.4 Å². The number of allylic oxidation sites excluding steroid dienone is 6. The molecular weight excluding hydrogens is 299 g/mol. The fourth-order valence-corrected chi connectivity index (χ4v) is 3.46. The van der Waals surface area contributed by atoms with Crippen LogP contribution >= 0.6 is 0 Å². The average molecular weight is 325 g/mol. The molecule has 0 aromatic heterocycles. The average Bonchev–Trinajstić information content (AvgIpc) is 2.64. The van der Waals surface area contributed by atoms with Gasteiger partial charge in [0.1, 0.15) is 0 Å². The van der Waals surface area contributed by atoms with Crippen molar-refractivity contribution in [3.8, 4) is 0 Å². The van der Waals surface area contributed by atoms with Crippen LogP contribution in [0.5, 0.6) is 0 Å². The summed E-state index contributed by atoms with van der Waals surface area (Å²) in [5, 5.41) is 0. The molecule has 0 saturated carbocycles. The molecule has 1 rings (SSSR count). The maximum absolute atomic E-state index is 11.7. The van der Waals surface area contributed by atoms with Crippen molar-refractivity contribution in [2.45, 2.75) is 59.2 Å². The minimum absolute atomic E-state index is 0.146. The molecule has 0 heterocycles. The summed E-state index contributed by atoms with van der Waals surface area (Å²) in [5.74, 6) is 2.02. The van der Waals surface area contributed by atoms with Crippen molar-refractivity contribution in [3.63, 3.8) is 0 Å². The standard InChI is InChI=1S/C17H26OSe/c1-13(2)7-6-11-17(12-10-16(18)19-5)14(3)8-9-15(17)4/h7-9H,6,10-12H2,1-5H3. The Labute approximate surface area is 124 Å². The Morgan fingerprint density at radius 3 is 2.26 bits per heavy atom. The van der Waals surface area contributed by atoms with Crippen LogP contribution in [0.25, 0.3) is 0 Å². The van der Waals surface area contributed by atoms with Gasteiger partial charge in [-0.2, -0.15) is 0 Å². The topological polar surface area (TPSA) is 17.1 Å². The Hall–Kier alpha value is -0.591. The van der Waals surface area contributed by atoms with Crippen LogP contribution in [0.2, 0.25) is 5.82 Å². The van der Waals surface area contributed by atoms with Crippen molar-refractivity contribution in [2.24, 2.45) is 5.41 Å². The van der Waals surface area contributed by atoms with E-state index in [2.05, 4.69) is 45.9 Å². The Kier molecular flexibility index (Phi) is 6.29. The molecule has 0 aromatic carbocycles. The molecule has 0 radical (unpaired) electrons. The summed E-state index contributed by atoms with van der Waals surface area (Å²) in [5.41, 5.74) is 4.39. The molecule has 0 aromatic rings. The van der Waals surface area contributed by atoms with Crippen LogP contribution in [0.15, 0.2) is 34.9 Å². The van der Waals surface area contributed by atoms with Gasteiger partial charge in [0.15, 0.2) is 0 Å². The zero-order chi connectivity index (χ0) is 14.5. The fraction of sp³-hybridized carbons (Fsp3) is 0.588. The van der Waals surface area contributed by atoms with Crippen LogP contribution in [0.1, 0.15) is 53.4 Å². The van der Waals surface area contributed by atoms with E-state index in [1.165, 1.54) is 16.7 Å². The van der Waals surface area contributed by atoms with E-state index in [9.17, 15) is 4.79 Å². The maximum atomic E-state index is 11.7. The number of carbonyl (C=O) groups excluding carboxylic acids is 1. The van der Waals surface area contributed by atoms with E-state index < -0.39 is 0 Å². The second kappa shape index (κ2) is 7.26. The summed E-state index contributed by atoms with van der Waals surface area (Å²) in [6.07, 6.45) is 10.7. The Morgan fingerprint density at radius 1 is 1.21 bits per heavy atom. The van der Waals surface area contributed by atoms with E-state index in [0.29, 0.717) is 4.68 Å². The molecule has 0 bridgehead atoms. The molecule has 19 heavy (non-hydrogen) atoms. The Bertz CT molecular complexity index is 405. The van der Waals surface area contributed by atoms with Gasteiger partial charge >= 0.3 is 124 Å². The normalized spacial score (nSPS) is 16.9. The SMILES string of the molecule is C[Se]C(=O)CCC1(CCC=C(C)C)C(C)=CC=C1C. The van der Waals surface area contributed by atoms with E-state index in [1.54, 1.807) is 0 Å². The van der Waals surface area contributed by atoms with Crippen molar-refractivity contribution in [2.75, 3.05) is 0 Å².